The van der Waals surface area contributed by atoms with E-state index in [4.69, 9.17) is 4.74 Å². The molecule has 3 rings (SSSR count). The predicted octanol–water partition coefficient (Wildman–Crippen LogP) is 2.11. The van der Waals surface area contributed by atoms with E-state index in [2.05, 4.69) is 0 Å². The molecule has 26 heavy (non-hydrogen) atoms. The molecule has 0 bridgehead atoms. The zero-order chi connectivity index (χ0) is 18.7. The third-order valence-corrected chi connectivity index (χ3v) is 6.94. The number of nitrogens with zero attached hydrogens (tertiary/aromatic N) is 1. The number of carbonyl (C=O) groups excluding carboxylic acids is 2. The summed E-state index contributed by atoms with van der Waals surface area (Å²) in [6, 6.07) is 6.77. The normalized spacial score (nSPS) is 22.3. The molecule has 0 radical (unpaired) electrons. The third-order valence-electron chi connectivity index (χ3n) is 5.19. The molecule has 2 aliphatic rings. The molecule has 0 spiro atoms. The molecule has 1 aromatic carbocycles. The highest BCUT2D eigenvalue weighted by atomic mass is 32.2. The van der Waals surface area contributed by atoms with Crippen LogP contribution in [0.25, 0.3) is 0 Å². The van der Waals surface area contributed by atoms with Crippen molar-refractivity contribution in [1.29, 1.82) is 0 Å². The van der Waals surface area contributed by atoms with Crippen LogP contribution >= 0.6 is 0 Å². The first-order valence-electron chi connectivity index (χ1n) is 9.11. The van der Waals surface area contributed by atoms with Crippen molar-refractivity contribution >= 4 is 21.7 Å². The quantitative estimate of drug-likeness (QED) is 0.732. The number of ether oxygens (including phenoxy) is 1. The first-order chi connectivity index (χ1) is 12.4. The van der Waals surface area contributed by atoms with Crippen LogP contribution < -0.4 is 0 Å². The molecule has 1 aliphatic carbocycles. The van der Waals surface area contributed by atoms with Crippen LogP contribution in [0.3, 0.4) is 0 Å². The average molecular weight is 379 g/mol. The summed E-state index contributed by atoms with van der Waals surface area (Å²) >= 11 is 0. The number of benzene rings is 1. The molecule has 1 saturated heterocycles. The van der Waals surface area contributed by atoms with Crippen LogP contribution in [0.4, 0.5) is 0 Å². The number of carbonyl (C=O) groups is 2. The molecule has 0 N–H and O–H groups in total. The van der Waals surface area contributed by atoms with E-state index in [9.17, 15) is 18.0 Å². The average Bonchev–Trinajstić information content (AvgIpc) is 3.23. The van der Waals surface area contributed by atoms with Crippen molar-refractivity contribution in [1.82, 2.24) is 4.90 Å². The molecule has 1 atom stereocenters. The molecule has 6 nitrogen and oxygen atoms in total. The predicted molar refractivity (Wildman–Crippen MR) is 97.6 cm³/mol. The minimum Gasteiger partial charge on any atom is -0.452 e. The van der Waals surface area contributed by atoms with Gasteiger partial charge in [-0.3, -0.25) is 4.79 Å². The van der Waals surface area contributed by atoms with Crippen molar-refractivity contribution in [2.24, 2.45) is 0 Å². The molecule has 1 heterocycles. The zero-order valence-corrected chi connectivity index (χ0v) is 15.8. The van der Waals surface area contributed by atoms with Crippen LogP contribution in [0.2, 0.25) is 0 Å². The van der Waals surface area contributed by atoms with Crippen molar-refractivity contribution in [3.05, 3.63) is 35.4 Å². The van der Waals surface area contributed by atoms with E-state index in [1.165, 1.54) is 0 Å². The Labute approximate surface area is 154 Å². The first kappa shape index (κ1) is 18.9. The fourth-order valence-electron chi connectivity index (χ4n) is 3.94. The second-order valence-electron chi connectivity index (χ2n) is 7.24. The monoisotopic (exact) mass is 379 g/mol. The SMILES string of the molecule is Cc1cccc(C(=O)OCC(=O)N(C2CCCC2)[C@H]2CCS(=O)(=O)C2)c1. The van der Waals surface area contributed by atoms with Crippen LogP contribution in [0.15, 0.2) is 24.3 Å². The number of sulfone groups is 1. The molecule has 0 unspecified atom stereocenters. The van der Waals surface area contributed by atoms with Gasteiger partial charge in [-0.2, -0.15) is 0 Å². The molecule has 142 valence electrons. The number of hydrogen-bond donors (Lipinski definition) is 0. The maximum atomic E-state index is 12.8. The second kappa shape index (κ2) is 7.78. The molecular weight excluding hydrogens is 354 g/mol. The Kier molecular flexibility index (Phi) is 5.65. The van der Waals surface area contributed by atoms with Gasteiger partial charge in [0.2, 0.25) is 0 Å². The van der Waals surface area contributed by atoms with E-state index >= 15 is 0 Å². The van der Waals surface area contributed by atoms with Crippen LogP contribution in [-0.4, -0.2) is 55.4 Å². The molecule has 0 aromatic heterocycles. The Hall–Kier alpha value is -1.89. The zero-order valence-electron chi connectivity index (χ0n) is 15.0. The summed E-state index contributed by atoms with van der Waals surface area (Å²) in [5.41, 5.74) is 1.35. The van der Waals surface area contributed by atoms with Crippen molar-refractivity contribution in [3.8, 4) is 0 Å². The van der Waals surface area contributed by atoms with E-state index in [-0.39, 0.29) is 36.1 Å². The molecule has 1 aliphatic heterocycles. The summed E-state index contributed by atoms with van der Waals surface area (Å²) < 4.78 is 28.9. The number of rotatable bonds is 5. The number of aryl methyl sites for hydroxylation is 1. The van der Waals surface area contributed by atoms with E-state index in [1.54, 1.807) is 23.1 Å². The number of amides is 1. The van der Waals surface area contributed by atoms with Gasteiger partial charge in [-0.15, -0.1) is 0 Å². The summed E-state index contributed by atoms with van der Waals surface area (Å²) in [6.07, 6.45) is 4.31. The molecular formula is C19H25NO5S. The number of hydrogen-bond acceptors (Lipinski definition) is 5. The third kappa shape index (κ3) is 4.44. The van der Waals surface area contributed by atoms with Gasteiger partial charge in [-0.05, 0) is 38.3 Å². The minimum atomic E-state index is -3.08. The largest absolute Gasteiger partial charge is 0.452 e. The van der Waals surface area contributed by atoms with Gasteiger partial charge in [-0.25, -0.2) is 13.2 Å². The van der Waals surface area contributed by atoms with Gasteiger partial charge >= 0.3 is 5.97 Å². The van der Waals surface area contributed by atoms with E-state index in [0.717, 1.165) is 31.2 Å². The van der Waals surface area contributed by atoms with E-state index < -0.39 is 15.8 Å². The van der Waals surface area contributed by atoms with Crippen LogP contribution in [-0.2, 0) is 19.4 Å². The molecule has 1 amide bonds. The summed E-state index contributed by atoms with van der Waals surface area (Å²) in [5.74, 6) is -0.689. The van der Waals surface area contributed by atoms with Crippen molar-refractivity contribution in [2.75, 3.05) is 18.1 Å². The lowest BCUT2D eigenvalue weighted by Gasteiger charge is -2.33. The maximum absolute atomic E-state index is 12.8. The highest BCUT2D eigenvalue weighted by Gasteiger charge is 2.39. The fraction of sp³-hybridized carbons (Fsp3) is 0.579. The Morgan fingerprint density at radius 1 is 1.15 bits per heavy atom. The van der Waals surface area contributed by atoms with Gasteiger partial charge in [0.25, 0.3) is 5.91 Å². The van der Waals surface area contributed by atoms with Gasteiger partial charge in [0.05, 0.1) is 17.1 Å². The summed E-state index contributed by atoms with van der Waals surface area (Å²) in [7, 11) is -3.08. The smallest absolute Gasteiger partial charge is 0.338 e. The Morgan fingerprint density at radius 3 is 2.50 bits per heavy atom. The number of esters is 1. The van der Waals surface area contributed by atoms with Crippen molar-refractivity contribution < 1.29 is 22.7 Å². The Bertz CT molecular complexity index is 783. The van der Waals surface area contributed by atoms with Gasteiger partial charge in [0, 0.05) is 12.1 Å². The maximum Gasteiger partial charge on any atom is 0.338 e. The standard InChI is InChI=1S/C19H25NO5S/c1-14-5-4-6-15(11-14)19(22)25-12-18(21)20(16-7-2-3-8-16)17-9-10-26(23,24)13-17/h4-6,11,16-17H,2-3,7-10,12-13H2,1H3/t17-/m0/s1. The Balaban J connectivity index is 1.66. The van der Waals surface area contributed by atoms with Crippen molar-refractivity contribution in [2.45, 2.75) is 51.1 Å². The van der Waals surface area contributed by atoms with Crippen LogP contribution in [0.5, 0.6) is 0 Å². The van der Waals surface area contributed by atoms with Crippen LogP contribution in [0.1, 0.15) is 48.0 Å². The topological polar surface area (TPSA) is 80.8 Å². The van der Waals surface area contributed by atoms with Gasteiger partial charge in [-0.1, -0.05) is 30.5 Å². The van der Waals surface area contributed by atoms with Gasteiger partial charge in [0.15, 0.2) is 16.4 Å². The molecule has 1 aromatic rings. The minimum absolute atomic E-state index is 0.0149. The highest BCUT2D eigenvalue weighted by Crippen LogP contribution is 2.29. The van der Waals surface area contributed by atoms with Crippen LogP contribution in [0, 0.1) is 6.92 Å². The van der Waals surface area contributed by atoms with Gasteiger partial charge in [0.1, 0.15) is 0 Å². The fourth-order valence-corrected chi connectivity index (χ4v) is 5.65. The highest BCUT2D eigenvalue weighted by molar-refractivity contribution is 7.91. The van der Waals surface area contributed by atoms with E-state index in [0.29, 0.717) is 12.0 Å². The summed E-state index contributed by atoms with van der Waals surface area (Å²) in [4.78, 5) is 26.7. The molecule has 7 heteroatoms. The Morgan fingerprint density at radius 2 is 1.88 bits per heavy atom. The molecule has 2 fully saturated rings. The first-order valence-corrected chi connectivity index (χ1v) is 10.9. The van der Waals surface area contributed by atoms with E-state index in [1.807, 2.05) is 13.0 Å². The summed E-state index contributed by atoms with van der Waals surface area (Å²) in [5, 5.41) is 0. The lowest BCUT2D eigenvalue weighted by molar-refractivity contribution is -0.139. The van der Waals surface area contributed by atoms with Gasteiger partial charge < -0.3 is 9.64 Å². The summed E-state index contributed by atoms with van der Waals surface area (Å²) in [6.45, 7) is 1.53. The van der Waals surface area contributed by atoms with Crippen molar-refractivity contribution in [3.63, 3.8) is 0 Å². The lowest BCUT2D eigenvalue weighted by atomic mass is 10.1. The second-order valence-corrected chi connectivity index (χ2v) is 9.47. The molecule has 1 saturated carbocycles. The lowest BCUT2D eigenvalue weighted by Crippen LogP contribution is -2.48.